The van der Waals surface area contributed by atoms with E-state index in [9.17, 15) is 19.2 Å². The quantitative estimate of drug-likeness (QED) is 0.0833. The molecule has 2 saturated heterocycles. The minimum Gasteiger partial charge on any atom is -0.453 e. The molecule has 3 aromatic heterocycles. The molecule has 8 rings (SSSR count). The van der Waals surface area contributed by atoms with E-state index in [2.05, 4.69) is 132 Å². The molecule has 0 bridgehead atoms. The van der Waals surface area contributed by atoms with Gasteiger partial charge in [0.1, 0.15) is 23.7 Å². The molecule has 15 heteroatoms. The first-order valence-electron chi connectivity index (χ1n) is 25.0. The molecule has 0 radical (unpaired) electrons. The van der Waals surface area contributed by atoms with Crippen molar-refractivity contribution in [3.05, 3.63) is 114 Å². The fourth-order valence-electron chi connectivity index (χ4n) is 10.0. The highest BCUT2D eigenvalue weighted by Gasteiger charge is 2.39. The Kier molecular flexibility index (Phi) is 14.9. The molecule has 15 nitrogen and oxygen atoms in total. The van der Waals surface area contributed by atoms with E-state index in [-0.39, 0.29) is 41.1 Å². The van der Waals surface area contributed by atoms with E-state index in [1.807, 2.05) is 49.9 Å². The van der Waals surface area contributed by atoms with Gasteiger partial charge in [-0.2, -0.15) is 0 Å². The van der Waals surface area contributed by atoms with Crippen molar-refractivity contribution in [2.24, 2.45) is 11.8 Å². The molecule has 2 aliphatic rings. The molecule has 2 fully saturated rings. The normalized spacial score (nSPS) is 16.9. The number of aryl methyl sites for hydroxylation is 1. The van der Waals surface area contributed by atoms with Gasteiger partial charge in [0, 0.05) is 18.8 Å². The van der Waals surface area contributed by atoms with Crippen LogP contribution in [0.25, 0.3) is 50.7 Å². The van der Waals surface area contributed by atoms with Crippen LogP contribution in [-0.4, -0.2) is 97.7 Å². The second-order valence-corrected chi connectivity index (χ2v) is 20.5. The monoisotopic (exact) mass is 964 g/mol. The van der Waals surface area contributed by atoms with Crippen molar-refractivity contribution >= 4 is 24.0 Å². The van der Waals surface area contributed by atoms with E-state index in [1.165, 1.54) is 25.3 Å². The molecule has 1 unspecified atom stereocenters. The lowest BCUT2D eigenvalue weighted by Gasteiger charge is -2.30. The number of amides is 4. The fraction of sp³-hybridized carbons (Fsp3) is 0.429. The van der Waals surface area contributed by atoms with Gasteiger partial charge in [-0.15, -0.1) is 0 Å². The van der Waals surface area contributed by atoms with Crippen LogP contribution in [0.4, 0.5) is 9.59 Å². The number of aromatic amines is 2. The number of aromatic nitrogens is 5. The summed E-state index contributed by atoms with van der Waals surface area (Å²) in [5, 5.41) is 5.46. The van der Waals surface area contributed by atoms with Gasteiger partial charge >= 0.3 is 12.2 Å². The van der Waals surface area contributed by atoms with Crippen LogP contribution in [0.2, 0.25) is 0 Å². The number of rotatable bonds is 14. The second-order valence-electron chi connectivity index (χ2n) is 20.5. The number of carbonyl (C=O) groups is 4. The molecule has 4 amide bonds. The lowest BCUT2D eigenvalue weighted by Crippen LogP contribution is -2.51. The van der Waals surface area contributed by atoms with E-state index in [4.69, 9.17) is 19.4 Å². The number of methoxy groups -OCH3 is 2. The summed E-state index contributed by atoms with van der Waals surface area (Å²) in [5.41, 5.74) is 11.2. The van der Waals surface area contributed by atoms with Crippen LogP contribution in [0.5, 0.6) is 0 Å². The third-order valence-corrected chi connectivity index (χ3v) is 14.0. The Hall–Kier alpha value is -7.16. The van der Waals surface area contributed by atoms with Crippen molar-refractivity contribution in [1.82, 2.24) is 44.9 Å². The Labute approximate surface area is 417 Å². The van der Waals surface area contributed by atoms with Crippen LogP contribution in [0.3, 0.4) is 0 Å². The average molecular weight is 964 g/mol. The lowest BCUT2D eigenvalue weighted by atomic mass is 9.85. The summed E-state index contributed by atoms with van der Waals surface area (Å²) in [6.07, 6.45) is 6.56. The highest BCUT2D eigenvalue weighted by atomic mass is 16.5. The molecule has 4 N–H and O–H groups in total. The summed E-state index contributed by atoms with van der Waals surface area (Å²) >= 11 is 0. The number of nitrogens with zero attached hydrogens (tertiary/aromatic N) is 5. The van der Waals surface area contributed by atoms with Crippen molar-refractivity contribution in [3.8, 4) is 50.7 Å². The predicted octanol–water partition coefficient (Wildman–Crippen LogP) is 10.5. The number of nitrogens with one attached hydrogen (secondary N) is 4. The van der Waals surface area contributed by atoms with E-state index in [1.54, 1.807) is 0 Å². The maximum atomic E-state index is 13.8. The Balaban J connectivity index is 1.09. The third-order valence-electron chi connectivity index (χ3n) is 14.0. The highest BCUT2D eigenvalue weighted by molar-refractivity contribution is 5.87. The van der Waals surface area contributed by atoms with Crippen molar-refractivity contribution in [2.45, 2.75) is 117 Å². The Morgan fingerprint density at radius 3 is 1.51 bits per heavy atom. The number of hydrogen-bond donors (Lipinski definition) is 4. The largest absolute Gasteiger partial charge is 0.453 e. The van der Waals surface area contributed by atoms with Crippen LogP contribution >= 0.6 is 0 Å². The minimum atomic E-state index is -0.708. The highest BCUT2D eigenvalue weighted by Crippen LogP contribution is 2.43. The zero-order valence-corrected chi connectivity index (χ0v) is 42.8. The van der Waals surface area contributed by atoms with E-state index < -0.39 is 24.3 Å². The first-order chi connectivity index (χ1) is 34.0. The van der Waals surface area contributed by atoms with Crippen molar-refractivity contribution in [1.29, 1.82) is 0 Å². The molecule has 374 valence electrons. The van der Waals surface area contributed by atoms with Crippen LogP contribution in [0.1, 0.15) is 116 Å². The van der Waals surface area contributed by atoms with Crippen molar-refractivity contribution < 1.29 is 28.7 Å². The van der Waals surface area contributed by atoms with Gasteiger partial charge in [0.05, 0.1) is 61.5 Å². The Morgan fingerprint density at radius 1 is 0.662 bits per heavy atom. The number of imidazole rings is 2. The van der Waals surface area contributed by atoms with Crippen LogP contribution in [0, 0.1) is 11.8 Å². The van der Waals surface area contributed by atoms with Gasteiger partial charge in [0.2, 0.25) is 11.8 Å². The van der Waals surface area contributed by atoms with Gasteiger partial charge in [-0.05, 0) is 101 Å². The molecule has 0 aliphatic carbocycles. The summed E-state index contributed by atoms with van der Waals surface area (Å²) in [6, 6.07) is 26.4. The van der Waals surface area contributed by atoms with E-state index in [0.717, 1.165) is 94.5 Å². The number of likely N-dealkylation sites (tertiary alicyclic amines) is 2. The van der Waals surface area contributed by atoms with E-state index >= 15 is 0 Å². The molecule has 6 aromatic rings. The third kappa shape index (κ3) is 10.5. The summed E-state index contributed by atoms with van der Waals surface area (Å²) in [4.78, 5) is 72.2. The van der Waals surface area contributed by atoms with Gasteiger partial charge in [-0.25, -0.2) is 19.6 Å². The van der Waals surface area contributed by atoms with Crippen molar-refractivity contribution in [2.75, 3.05) is 27.3 Å². The molecule has 4 atom stereocenters. The number of alkyl carbamates (subject to hydrolysis) is 2. The number of benzene rings is 3. The van der Waals surface area contributed by atoms with Crippen LogP contribution in [-0.2, 0) is 30.9 Å². The van der Waals surface area contributed by atoms with Gasteiger partial charge in [0.15, 0.2) is 0 Å². The molecule has 2 aliphatic heterocycles. The van der Waals surface area contributed by atoms with Gasteiger partial charge in [-0.3, -0.25) is 9.59 Å². The Bertz CT molecular complexity index is 2830. The smallest absolute Gasteiger partial charge is 0.407 e. The van der Waals surface area contributed by atoms with Crippen molar-refractivity contribution in [3.63, 3.8) is 0 Å². The zero-order chi connectivity index (χ0) is 50.7. The maximum absolute atomic E-state index is 13.8. The molecule has 0 saturated carbocycles. The predicted molar refractivity (Wildman–Crippen MR) is 276 cm³/mol. The minimum absolute atomic E-state index is 0.122. The second kappa shape index (κ2) is 21.1. The molecule has 0 spiro atoms. The van der Waals surface area contributed by atoms with Gasteiger partial charge in [0.25, 0.3) is 0 Å². The molecular formula is C56H69N9O6. The summed E-state index contributed by atoms with van der Waals surface area (Å²) < 4.78 is 12.0. The topological polar surface area (TPSA) is 180 Å². The lowest BCUT2D eigenvalue weighted by molar-refractivity contribution is -0.136. The summed E-state index contributed by atoms with van der Waals surface area (Å²) in [6.45, 7) is 17.7. The van der Waals surface area contributed by atoms with Crippen LogP contribution < -0.4 is 10.6 Å². The molecule has 71 heavy (non-hydrogen) atoms. The molecular weight excluding hydrogens is 895 g/mol. The first kappa shape index (κ1) is 50.2. The number of H-pyrrole nitrogens is 2. The Morgan fingerprint density at radius 2 is 1.10 bits per heavy atom. The fourth-order valence-corrected chi connectivity index (χ4v) is 10.0. The number of hydrogen-bond acceptors (Lipinski definition) is 8. The summed E-state index contributed by atoms with van der Waals surface area (Å²) in [5.74, 6) is 0.907. The molecule has 5 heterocycles. The average Bonchev–Trinajstić information content (AvgIpc) is 4.23. The standard InChI is InChI=1S/C56H69N9O6/c1-11-35-16-26-40(27-17-35)65-46(38-22-18-36(19-23-38)42-31-57-50(59-42)44-14-12-28-63(44)52(66)47(33(2)3)61-54(68)70-9)30-41(56(6,7)8)49(65)39-24-20-37(21-25-39)43-32-58-51(60-43)45-15-13-29-64(45)53(67)48(34(4)5)62-55(69)71-10/h16-27,30-34,44-45,47-48H,11-15,28-29H2,1-10H3,(H,57,59)(H,58,60)(H,61,68)(H,62,69)/t44-,45-,47-,48?/m0/s1. The zero-order valence-electron chi connectivity index (χ0n) is 42.8. The molecule has 3 aromatic carbocycles. The van der Waals surface area contributed by atoms with Crippen LogP contribution in [0.15, 0.2) is 91.3 Å². The van der Waals surface area contributed by atoms with Gasteiger partial charge in [-0.1, -0.05) is 116 Å². The summed E-state index contributed by atoms with van der Waals surface area (Å²) in [7, 11) is 2.60. The maximum Gasteiger partial charge on any atom is 0.407 e. The SMILES string of the molecule is CCc1ccc(-n2c(-c3ccc(-c4cnc([C@@H]5CCCN5C(=O)[C@@H](NC(=O)OC)C(C)C)[nH]4)cc3)cc(C(C)(C)C)c2-c2ccc(-c3cnc([C@@H]4CCCN4C(=O)C(NC(=O)OC)C(C)C)[nH]3)cc2)cc1. The number of carbonyl (C=O) groups excluding carboxylic acids is 4. The first-order valence-corrected chi connectivity index (χ1v) is 25.0. The number of ether oxygens (including phenoxy) is 2. The van der Waals surface area contributed by atoms with E-state index in [0.29, 0.717) is 13.1 Å². The van der Waals surface area contributed by atoms with Gasteiger partial charge < -0.3 is 44.4 Å².